The molecule has 32 valence electrons. The monoisotopic (exact) mass is 134 g/mol. The molecule has 0 nitrogen and oxygen atoms in total. The molecule has 6 heavy (non-hydrogen) atoms. The summed E-state index contributed by atoms with van der Waals surface area (Å²) in [5.41, 5.74) is 0. The van der Waals surface area contributed by atoms with Gasteiger partial charge in [-0.15, -0.1) is 0 Å². The Morgan fingerprint density at radius 2 is 2.00 bits per heavy atom. The fourth-order valence-corrected chi connectivity index (χ4v) is 2.35. The molecule has 1 rings (SSSR count). The van der Waals surface area contributed by atoms with Crippen molar-refractivity contribution in [2.75, 3.05) is 0 Å². The van der Waals surface area contributed by atoms with Crippen LogP contribution in [0.4, 0.5) is 0 Å². The van der Waals surface area contributed by atoms with E-state index in [-0.39, 0.29) is 0 Å². The largest absolute Gasteiger partial charge is 0.114 e. The van der Waals surface area contributed by atoms with Crippen molar-refractivity contribution in [2.24, 2.45) is 0 Å². The lowest BCUT2D eigenvalue weighted by Crippen LogP contribution is -1.88. The lowest BCUT2D eigenvalue weighted by atomic mass is 11.2. The zero-order valence-electron chi connectivity index (χ0n) is 2.93. The Morgan fingerprint density at radius 1 is 1.50 bits per heavy atom. The van der Waals surface area contributed by atoms with E-state index in [1.54, 1.807) is 23.5 Å². The molecular weight excluding hydrogens is 132 g/mol. The molecule has 3 heteroatoms. The molecule has 0 saturated carbocycles. The summed E-state index contributed by atoms with van der Waals surface area (Å²) in [5, 5.41) is 0. The molecular formula is C3H2S3. The summed E-state index contributed by atoms with van der Waals surface area (Å²) in [5.74, 6) is 0. The van der Waals surface area contributed by atoms with Crippen molar-refractivity contribution in [1.82, 2.24) is 0 Å². The van der Waals surface area contributed by atoms with Crippen LogP contribution >= 0.6 is 35.7 Å². The quantitative estimate of drug-likeness (QED) is 0.466. The maximum Gasteiger partial charge on any atom is 0.114 e. The molecule has 1 fully saturated rings. The lowest BCUT2D eigenvalue weighted by molar-refractivity contribution is 2.53. The van der Waals surface area contributed by atoms with E-state index in [0.717, 1.165) is 7.77 Å². The van der Waals surface area contributed by atoms with Gasteiger partial charge in [-0.1, -0.05) is 42.3 Å². The van der Waals surface area contributed by atoms with Crippen molar-refractivity contribution in [3.05, 3.63) is 10.8 Å². The van der Waals surface area contributed by atoms with Crippen LogP contribution in [0.5, 0.6) is 0 Å². The highest BCUT2D eigenvalue weighted by atomic mass is 32.3. The molecule has 0 aromatic carbocycles. The SMILES string of the molecule is C=C1SC(=S)S1. The molecule has 1 saturated heterocycles. The summed E-state index contributed by atoms with van der Waals surface area (Å²) in [4.78, 5) is 0. The van der Waals surface area contributed by atoms with Gasteiger partial charge in [-0.05, 0) is 0 Å². The van der Waals surface area contributed by atoms with Gasteiger partial charge in [0.25, 0.3) is 0 Å². The van der Waals surface area contributed by atoms with Gasteiger partial charge in [0.2, 0.25) is 0 Å². The Bertz CT molecular complexity index is 82.6. The van der Waals surface area contributed by atoms with Crippen LogP contribution in [-0.4, -0.2) is 3.53 Å². The third-order valence-corrected chi connectivity index (χ3v) is 2.68. The maximum atomic E-state index is 4.73. The first-order valence-corrected chi connectivity index (χ1v) is 3.42. The Morgan fingerprint density at radius 3 is 2.00 bits per heavy atom. The summed E-state index contributed by atoms with van der Waals surface area (Å²) < 4.78 is 2.13. The van der Waals surface area contributed by atoms with Gasteiger partial charge in [0.15, 0.2) is 0 Å². The van der Waals surface area contributed by atoms with Crippen molar-refractivity contribution in [1.29, 1.82) is 0 Å². The predicted molar refractivity (Wildman–Crippen MR) is 36.9 cm³/mol. The van der Waals surface area contributed by atoms with E-state index in [2.05, 4.69) is 6.58 Å². The second-order valence-corrected chi connectivity index (χ2v) is 4.48. The minimum atomic E-state index is 1.00. The number of rotatable bonds is 0. The minimum absolute atomic E-state index is 1.00. The van der Waals surface area contributed by atoms with Crippen LogP contribution in [0, 0.1) is 0 Å². The summed E-state index contributed by atoms with van der Waals surface area (Å²) in [6.07, 6.45) is 0. The average Bonchev–Trinajstić information content (AvgIpc) is 1.33. The molecule has 1 aliphatic rings. The van der Waals surface area contributed by atoms with E-state index < -0.39 is 0 Å². The zero-order chi connectivity index (χ0) is 4.57. The van der Waals surface area contributed by atoms with Gasteiger partial charge in [-0.2, -0.15) is 0 Å². The Labute approximate surface area is 50.4 Å². The highest BCUT2D eigenvalue weighted by Crippen LogP contribution is 2.44. The maximum absolute atomic E-state index is 4.73. The van der Waals surface area contributed by atoms with Gasteiger partial charge in [-0.3, -0.25) is 0 Å². The summed E-state index contributed by atoms with van der Waals surface area (Å²) in [6, 6.07) is 0. The van der Waals surface area contributed by atoms with Crippen LogP contribution in [-0.2, 0) is 0 Å². The van der Waals surface area contributed by atoms with Gasteiger partial charge in [0.1, 0.15) is 3.53 Å². The number of hydrogen-bond acceptors (Lipinski definition) is 3. The molecule has 0 spiro atoms. The highest BCUT2D eigenvalue weighted by molar-refractivity contribution is 8.63. The van der Waals surface area contributed by atoms with E-state index in [4.69, 9.17) is 12.2 Å². The van der Waals surface area contributed by atoms with Crippen LogP contribution in [0.15, 0.2) is 10.8 Å². The van der Waals surface area contributed by atoms with Gasteiger partial charge in [0, 0.05) is 4.24 Å². The molecule has 0 atom stereocenters. The number of thiocarbonyl (C=S) groups is 1. The summed E-state index contributed by atoms with van der Waals surface area (Å²) >= 11 is 7.89. The zero-order valence-corrected chi connectivity index (χ0v) is 5.38. The second kappa shape index (κ2) is 1.56. The van der Waals surface area contributed by atoms with E-state index in [1.165, 1.54) is 0 Å². The second-order valence-electron chi connectivity index (χ2n) is 0.826. The Kier molecular flexibility index (Phi) is 1.22. The van der Waals surface area contributed by atoms with Crippen LogP contribution in [0.25, 0.3) is 0 Å². The van der Waals surface area contributed by atoms with Crippen molar-refractivity contribution in [2.45, 2.75) is 0 Å². The third-order valence-electron chi connectivity index (χ3n) is 0.394. The van der Waals surface area contributed by atoms with Gasteiger partial charge < -0.3 is 0 Å². The number of hydrogen-bond donors (Lipinski definition) is 0. The Balaban J connectivity index is 2.47. The average molecular weight is 134 g/mol. The van der Waals surface area contributed by atoms with Crippen molar-refractivity contribution >= 4 is 39.3 Å². The van der Waals surface area contributed by atoms with Gasteiger partial charge in [-0.25, -0.2) is 0 Å². The smallest absolute Gasteiger partial charge is 0.0781 e. The topological polar surface area (TPSA) is 0 Å². The molecule has 1 heterocycles. The van der Waals surface area contributed by atoms with E-state index in [9.17, 15) is 0 Å². The Hall–Kier alpha value is 0.530. The third kappa shape index (κ3) is 0.776. The van der Waals surface area contributed by atoms with Crippen molar-refractivity contribution in [3.8, 4) is 0 Å². The molecule has 0 radical (unpaired) electrons. The number of thioether (sulfide) groups is 2. The molecule has 0 N–H and O–H groups in total. The van der Waals surface area contributed by atoms with Crippen LogP contribution in [0.1, 0.15) is 0 Å². The molecule has 0 unspecified atom stereocenters. The summed E-state index contributed by atoms with van der Waals surface area (Å²) in [6.45, 7) is 3.65. The van der Waals surface area contributed by atoms with Crippen molar-refractivity contribution < 1.29 is 0 Å². The molecule has 0 aromatic rings. The normalized spacial score (nSPS) is 20.7. The first-order chi connectivity index (χ1) is 2.79. The van der Waals surface area contributed by atoms with Crippen LogP contribution in [0.3, 0.4) is 0 Å². The first kappa shape index (κ1) is 4.68. The van der Waals surface area contributed by atoms with E-state index in [1.807, 2.05) is 0 Å². The standard InChI is InChI=1S/C3H2S3/c1-2-5-3(4)6-2/h1H2. The van der Waals surface area contributed by atoms with Crippen LogP contribution < -0.4 is 0 Å². The first-order valence-electron chi connectivity index (χ1n) is 1.37. The van der Waals surface area contributed by atoms with E-state index in [0.29, 0.717) is 0 Å². The van der Waals surface area contributed by atoms with Crippen LogP contribution in [0.2, 0.25) is 0 Å². The molecule has 1 aliphatic heterocycles. The highest BCUT2D eigenvalue weighted by Gasteiger charge is 2.13. The lowest BCUT2D eigenvalue weighted by Gasteiger charge is -2.11. The minimum Gasteiger partial charge on any atom is -0.0781 e. The molecule has 0 amide bonds. The summed E-state index contributed by atoms with van der Waals surface area (Å²) in [7, 11) is 0. The fourth-order valence-electron chi connectivity index (χ4n) is 0.194. The fraction of sp³-hybridized carbons (Fsp3) is 0. The van der Waals surface area contributed by atoms with Gasteiger partial charge in [0.05, 0.1) is 0 Å². The molecule has 0 aliphatic carbocycles. The molecule has 0 bridgehead atoms. The van der Waals surface area contributed by atoms with E-state index >= 15 is 0 Å². The molecule has 0 aromatic heterocycles. The predicted octanol–water partition coefficient (Wildman–Crippen LogP) is 2.22. The van der Waals surface area contributed by atoms with Gasteiger partial charge >= 0.3 is 0 Å². The van der Waals surface area contributed by atoms with Crippen molar-refractivity contribution in [3.63, 3.8) is 0 Å².